The average Bonchev–Trinajstić information content (AvgIpc) is 2.92. The third-order valence-corrected chi connectivity index (χ3v) is 6.99. The Balaban J connectivity index is 1.89. The number of nitrogens with one attached hydrogen (secondary N) is 1. The van der Waals surface area contributed by atoms with Crippen molar-refractivity contribution in [1.82, 2.24) is 5.32 Å². The summed E-state index contributed by atoms with van der Waals surface area (Å²) in [5, 5.41) is 3.46. The second kappa shape index (κ2) is 5.51. The minimum absolute atomic E-state index is 0.221. The number of hydrogen-bond donors (Lipinski definition) is 1. The molecule has 0 radical (unpaired) electrons. The molecule has 0 unspecified atom stereocenters. The second-order valence-corrected chi connectivity index (χ2v) is 8.88. The van der Waals surface area contributed by atoms with Crippen molar-refractivity contribution >= 4 is 5.91 Å². The molecule has 1 saturated heterocycles. The van der Waals surface area contributed by atoms with Crippen LogP contribution in [0.25, 0.3) is 0 Å². The van der Waals surface area contributed by atoms with Gasteiger partial charge in [-0.1, -0.05) is 34.6 Å². The molecule has 5 atom stereocenters. The topological polar surface area (TPSA) is 38.3 Å². The van der Waals surface area contributed by atoms with Crippen molar-refractivity contribution in [3.63, 3.8) is 0 Å². The minimum Gasteiger partial charge on any atom is -0.378 e. The molecule has 3 nitrogen and oxygen atoms in total. The van der Waals surface area contributed by atoms with Crippen molar-refractivity contribution in [2.75, 3.05) is 6.61 Å². The number of fused-ring (bicyclic) bond motifs is 1. The van der Waals surface area contributed by atoms with Gasteiger partial charge >= 0.3 is 0 Å². The van der Waals surface area contributed by atoms with Crippen molar-refractivity contribution in [1.29, 1.82) is 0 Å². The fourth-order valence-electron chi connectivity index (χ4n) is 5.95. The van der Waals surface area contributed by atoms with E-state index in [9.17, 15) is 4.79 Å². The van der Waals surface area contributed by atoms with Crippen molar-refractivity contribution in [2.45, 2.75) is 78.9 Å². The van der Waals surface area contributed by atoms with Gasteiger partial charge in [-0.15, -0.1) is 0 Å². The number of ether oxygens (including phenoxy) is 1. The number of hydrogen-bond acceptors (Lipinski definition) is 2. The second-order valence-electron chi connectivity index (χ2n) is 8.88. The zero-order chi connectivity index (χ0) is 16.1. The molecule has 3 aliphatic rings. The van der Waals surface area contributed by atoms with Crippen LogP contribution in [0.4, 0.5) is 0 Å². The van der Waals surface area contributed by atoms with Gasteiger partial charge in [0.2, 0.25) is 5.91 Å². The summed E-state index contributed by atoms with van der Waals surface area (Å²) in [6, 6.07) is 0.327. The fraction of sp³-hybridized carbons (Fsp3) is 0.947. The van der Waals surface area contributed by atoms with Gasteiger partial charge in [0, 0.05) is 19.1 Å². The van der Waals surface area contributed by atoms with Crippen molar-refractivity contribution in [3.8, 4) is 0 Å². The maximum Gasteiger partial charge on any atom is 0.220 e. The molecular weight excluding hydrogens is 274 g/mol. The molecule has 0 aromatic carbocycles. The standard InChI is InChI=1S/C19H33NO2/c1-6-7-15(21)20-17-18(4,5)13-10-14-16(12(2)3)22-9-8-19(14,17)11-13/h12-14,16-17H,6-11H2,1-5H3,(H,20,21)/t13-,14-,16-,17-,19-/m1/s1. The van der Waals surface area contributed by atoms with Crippen LogP contribution in [-0.4, -0.2) is 24.7 Å². The van der Waals surface area contributed by atoms with E-state index in [-0.39, 0.29) is 16.7 Å². The lowest BCUT2D eigenvalue weighted by molar-refractivity contribution is -0.144. The normalized spacial score (nSPS) is 42.5. The van der Waals surface area contributed by atoms with Crippen LogP contribution in [0.5, 0.6) is 0 Å². The van der Waals surface area contributed by atoms with E-state index in [1.54, 1.807) is 0 Å². The monoisotopic (exact) mass is 307 g/mol. The Morgan fingerprint density at radius 3 is 2.73 bits per heavy atom. The minimum atomic E-state index is 0.221. The summed E-state index contributed by atoms with van der Waals surface area (Å²) in [6.45, 7) is 12.3. The largest absolute Gasteiger partial charge is 0.378 e. The van der Waals surface area contributed by atoms with Crippen LogP contribution in [0.3, 0.4) is 0 Å². The molecule has 2 aliphatic carbocycles. The lowest BCUT2D eigenvalue weighted by atomic mass is 9.58. The van der Waals surface area contributed by atoms with E-state index >= 15 is 0 Å². The molecule has 1 aliphatic heterocycles. The van der Waals surface area contributed by atoms with Crippen molar-refractivity contribution in [3.05, 3.63) is 0 Å². The molecule has 3 fully saturated rings. The van der Waals surface area contributed by atoms with Crippen molar-refractivity contribution < 1.29 is 9.53 Å². The molecule has 0 aromatic heterocycles. The van der Waals surface area contributed by atoms with E-state index < -0.39 is 0 Å². The third kappa shape index (κ3) is 2.23. The number of carbonyl (C=O) groups is 1. The lowest BCUT2D eigenvalue weighted by Gasteiger charge is -2.54. The van der Waals surface area contributed by atoms with Crippen LogP contribution in [0.1, 0.15) is 66.7 Å². The first-order chi connectivity index (χ1) is 10.3. The van der Waals surface area contributed by atoms with Crippen LogP contribution >= 0.6 is 0 Å². The Morgan fingerprint density at radius 2 is 2.09 bits per heavy atom. The Bertz CT molecular complexity index is 445. The summed E-state index contributed by atoms with van der Waals surface area (Å²) in [6.07, 6.45) is 5.65. The van der Waals surface area contributed by atoms with Crippen LogP contribution in [0, 0.1) is 28.6 Å². The summed E-state index contributed by atoms with van der Waals surface area (Å²) < 4.78 is 6.16. The van der Waals surface area contributed by atoms with Crippen LogP contribution < -0.4 is 5.32 Å². The predicted octanol–water partition coefficient (Wildman–Crippen LogP) is 3.77. The first-order valence-electron chi connectivity index (χ1n) is 9.24. The molecule has 1 heterocycles. The number of amides is 1. The van der Waals surface area contributed by atoms with Gasteiger partial charge in [-0.05, 0) is 54.3 Å². The Hall–Kier alpha value is -0.570. The quantitative estimate of drug-likeness (QED) is 0.858. The maximum atomic E-state index is 12.3. The molecule has 2 bridgehead atoms. The SMILES string of the molecule is CCCC(=O)N[C@@H]1C(C)(C)[C@@H]2C[C@@H]3[C@@H](C(C)C)OCC[C@@]31C2. The fourth-order valence-corrected chi connectivity index (χ4v) is 5.95. The molecule has 126 valence electrons. The lowest BCUT2D eigenvalue weighted by Crippen LogP contribution is -2.60. The number of carbonyl (C=O) groups excluding carboxylic acids is 1. The molecule has 2 saturated carbocycles. The predicted molar refractivity (Wildman–Crippen MR) is 88.5 cm³/mol. The van der Waals surface area contributed by atoms with E-state index in [1.165, 1.54) is 12.8 Å². The Labute approximate surface area is 135 Å². The smallest absolute Gasteiger partial charge is 0.220 e. The highest BCUT2D eigenvalue weighted by Gasteiger charge is 2.68. The highest BCUT2D eigenvalue weighted by molar-refractivity contribution is 5.76. The van der Waals surface area contributed by atoms with E-state index in [4.69, 9.17) is 4.74 Å². The molecule has 0 aromatic rings. The zero-order valence-electron chi connectivity index (χ0n) is 14.9. The molecule has 1 N–H and O–H groups in total. The summed E-state index contributed by atoms with van der Waals surface area (Å²) in [4.78, 5) is 12.3. The Kier molecular flexibility index (Phi) is 4.08. The van der Waals surface area contributed by atoms with Gasteiger partial charge in [-0.25, -0.2) is 0 Å². The summed E-state index contributed by atoms with van der Waals surface area (Å²) in [5.74, 6) is 2.17. The highest BCUT2D eigenvalue weighted by Crippen LogP contribution is 2.69. The average molecular weight is 307 g/mol. The van der Waals surface area contributed by atoms with Gasteiger partial charge in [-0.2, -0.15) is 0 Å². The summed E-state index contributed by atoms with van der Waals surface area (Å²) in [5.41, 5.74) is 0.503. The molecule has 3 heteroatoms. The van der Waals surface area contributed by atoms with Gasteiger partial charge in [0.25, 0.3) is 0 Å². The molecule has 22 heavy (non-hydrogen) atoms. The first-order valence-corrected chi connectivity index (χ1v) is 9.24. The van der Waals surface area contributed by atoms with Crippen LogP contribution in [0.15, 0.2) is 0 Å². The highest BCUT2D eigenvalue weighted by atomic mass is 16.5. The molecular formula is C19H33NO2. The first kappa shape index (κ1) is 16.3. The molecule has 1 spiro atoms. The van der Waals surface area contributed by atoms with Gasteiger partial charge in [0.05, 0.1) is 6.10 Å². The molecule has 3 rings (SSSR count). The Morgan fingerprint density at radius 1 is 1.36 bits per heavy atom. The summed E-state index contributed by atoms with van der Waals surface area (Å²) >= 11 is 0. The van der Waals surface area contributed by atoms with E-state index in [0.29, 0.717) is 30.4 Å². The van der Waals surface area contributed by atoms with Crippen molar-refractivity contribution in [2.24, 2.45) is 28.6 Å². The van der Waals surface area contributed by atoms with Gasteiger partial charge < -0.3 is 10.1 Å². The number of rotatable bonds is 4. The zero-order valence-corrected chi connectivity index (χ0v) is 14.9. The molecule has 1 amide bonds. The van der Waals surface area contributed by atoms with E-state index in [1.807, 2.05) is 0 Å². The maximum absolute atomic E-state index is 12.3. The van der Waals surface area contributed by atoms with Gasteiger partial charge in [-0.3, -0.25) is 4.79 Å². The van der Waals surface area contributed by atoms with Crippen LogP contribution in [-0.2, 0) is 9.53 Å². The van der Waals surface area contributed by atoms with E-state index in [0.717, 1.165) is 25.4 Å². The van der Waals surface area contributed by atoms with Crippen LogP contribution in [0.2, 0.25) is 0 Å². The third-order valence-electron chi connectivity index (χ3n) is 6.99. The van der Waals surface area contributed by atoms with Gasteiger partial charge in [0.15, 0.2) is 0 Å². The van der Waals surface area contributed by atoms with Gasteiger partial charge in [0.1, 0.15) is 0 Å². The van der Waals surface area contributed by atoms with E-state index in [2.05, 4.69) is 39.9 Å². The summed E-state index contributed by atoms with van der Waals surface area (Å²) in [7, 11) is 0.